The van der Waals surface area contributed by atoms with Gasteiger partial charge in [0.05, 0.1) is 29.9 Å². The van der Waals surface area contributed by atoms with Crippen molar-refractivity contribution < 1.29 is 19.2 Å². The second-order valence-corrected chi connectivity index (χ2v) is 14.9. The van der Waals surface area contributed by atoms with Crippen molar-refractivity contribution in [2.75, 3.05) is 65.4 Å². The summed E-state index contributed by atoms with van der Waals surface area (Å²) < 4.78 is 21.1. The molecule has 3 fully saturated rings. The van der Waals surface area contributed by atoms with Gasteiger partial charge < -0.3 is 19.9 Å². The van der Waals surface area contributed by atoms with Gasteiger partial charge in [-0.2, -0.15) is 9.97 Å². The van der Waals surface area contributed by atoms with Crippen molar-refractivity contribution in [3.05, 3.63) is 56.3 Å². The van der Waals surface area contributed by atoms with E-state index in [1.54, 1.807) is 14.1 Å². The average Bonchev–Trinajstić information content (AvgIpc) is 3.63. The second kappa shape index (κ2) is 12.6. The van der Waals surface area contributed by atoms with E-state index in [1.165, 1.54) is 16.0 Å². The van der Waals surface area contributed by atoms with Gasteiger partial charge in [-0.05, 0) is 56.5 Å². The Labute approximate surface area is 285 Å². The summed E-state index contributed by atoms with van der Waals surface area (Å²) in [5.41, 5.74) is 4.41. The summed E-state index contributed by atoms with van der Waals surface area (Å²) in [5, 5.41) is 11.5. The lowest BCUT2D eigenvalue weighted by atomic mass is 9.81. The van der Waals surface area contributed by atoms with Gasteiger partial charge in [0, 0.05) is 63.6 Å². The normalized spacial score (nSPS) is 28.6. The molecule has 10 nitrogen and oxygen atoms in total. The van der Waals surface area contributed by atoms with E-state index in [1.807, 2.05) is 17.4 Å². The van der Waals surface area contributed by atoms with Gasteiger partial charge in [0.2, 0.25) is 0 Å². The highest BCUT2D eigenvalue weighted by Gasteiger charge is 2.50. The predicted molar refractivity (Wildman–Crippen MR) is 180 cm³/mol. The molecule has 4 aliphatic heterocycles. The van der Waals surface area contributed by atoms with Crippen molar-refractivity contribution in [3.8, 4) is 6.01 Å². The Hall–Kier alpha value is -2.83. The summed E-state index contributed by atoms with van der Waals surface area (Å²) in [6, 6.07) is 6.52. The summed E-state index contributed by atoms with van der Waals surface area (Å²) >= 11 is 13.4. The first-order valence-electron chi connectivity index (χ1n) is 16.7. The van der Waals surface area contributed by atoms with Crippen LogP contribution in [-0.2, 0) is 29.7 Å². The van der Waals surface area contributed by atoms with Gasteiger partial charge in [0.15, 0.2) is 0 Å². The van der Waals surface area contributed by atoms with Crippen LogP contribution in [0.4, 0.5) is 10.2 Å². The van der Waals surface area contributed by atoms with E-state index < -0.39 is 12.1 Å². The Kier molecular flexibility index (Phi) is 8.74. The minimum absolute atomic E-state index is 0.160. The molecule has 3 N–H and O–H groups in total. The van der Waals surface area contributed by atoms with Crippen LogP contribution in [0, 0.1) is 5.41 Å². The highest BCUT2D eigenvalue weighted by molar-refractivity contribution is 6.58. The van der Waals surface area contributed by atoms with E-state index in [-0.39, 0.29) is 21.8 Å². The summed E-state index contributed by atoms with van der Waals surface area (Å²) in [6.07, 6.45) is 4.97. The molecule has 7 rings (SSSR count). The number of aromatic nitrogens is 2. The molecule has 2 aromatic rings. The van der Waals surface area contributed by atoms with Gasteiger partial charge in [0.1, 0.15) is 35.0 Å². The van der Waals surface area contributed by atoms with Gasteiger partial charge in [0.25, 0.3) is 5.91 Å². The van der Waals surface area contributed by atoms with Crippen molar-refractivity contribution in [2.24, 2.45) is 0 Å². The first-order chi connectivity index (χ1) is 22.5. The van der Waals surface area contributed by atoms with Crippen LogP contribution in [0.3, 0.4) is 0 Å². The minimum Gasteiger partial charge on any atom is -0.461 e. The molecule has 13 heteroatoms. The summed E-state index contributed by atoms with van der Waals surface area (Å²) in [6.45, 7) is 4.23. The lowest BCUT2D eigenvalue weighted by Crippen LogP contribution is -2.83. The number of nitrogens with one attached hydrogen (secondary N) is 1. The Balaban J connectivity index is 1.27. The van der Waals surface area contributed by atoms with Crippen LogP contribution in [0.25, 0.3) is 0 Å². The van der Waals surface area contributed by atoms with Crippen molar-refractivity contribution in [3.63, 3.8) is 0 Å². The largest absolute Gasteiger partial charge is 0.461 e. The molecule has 0 saturated carbocycles. The fourth-order valence-corrected chi connectivity index (χ4v) is 9.09. The number of hydrogen-bond acceptors (Lipinski definition) is 8. The molecule has 1 unspecified atom stereocenters. The maximum atomic E-state index is 14.6. The Morgan fingerprint density at radius 2 is 2.02 bits per heavy atom. The lowest BCUT2D eigenvalue weighted by Gasteiger charge is -2.44. The number of halogens is 3. The first-order valence-corrected chi connectivity index (χ1v) is 17.5. The summed E-state index contributed by atoms with van der Waals surface area (Å²) in [7, 11) is 5.40. The predicted octanol–water partition coefficient (Wildman–Crippen LogP) is 3.25. The van der Waals surface area contributed by atoms with Crippen LogP contribution in [-0.4, -0.2) is 108 Å². The van der Waals surface area contributed by atoms with E-state index in [0.717, 1.165) is 79.5 Å². The van der Waals surface area contributed by atoms with Crippen LogP contribution in [0.15, 0.2) is 28.9 Å². The fraction of sp³-hybridized carbons (Fsp3) is 0.588. The summed E-state index contributed by atoms with van der Waals surface area (Å²) in [5.74, 6) is 0.350. The maximum Gasteiger partial charge on any atom is 0.318 e. The molecule has 3 saturated heterocycles. The maximum absolute atomic E-state index is 14.6. The number of quaternary nitrogens is 1. The van der Waals surface area contributed by atoms with Crippen molar-refractivity contribution in [1.29, 1.82) is 5.41 Å². The van der Waals surface area contributed by atoms with Gasteiger partial charge in [-0.1, -0.05) is 35.3 Å². The van der Waals surface area contributed by atoms with E-state index in [4.69, 9.17) is 43.3 Å². The zero-order valence-electron chi connectivity index (χ0n) is 27.4. The number of alkyl halides is 1. The van der Waals surface area contributed by atoms with Crippen LogP contribution in [0.1, 0.15) is 54.5 Å². The molecule has 5 aliphatic rings. The van der Waals surface area contributed by atoms with Gasteiger partial charge in [-0.3, -0.25) is 20.0 Å². The van der Waals surface area contributed by atoms with Crippen molar-refractivity contribution >= 4 is 40.6 Å². The molecule has 0 radical (unpaired) electrons. The molecule has 5 heterocycles. The molecule has 1 spiro atoms. The number of benzene rings is 1. The van der Waals surface area contributed by atoms with Crippen LogP contribution in [0.5, 0.6) is 6.01 Å². The zero-order valence-corrected chi connectivity index (χ0v) is 28.9. The number of rotatable bonds is 6. The first kappa shape index (κ1) is 32.7. The third kappa shape index (κ3) is 5.71. The van der Waals surface area contributed by atoms with E-state index >= 15 is 0 Å². The highest BCUT2D eigenvalue weighted by atomic mass is 35.5. The molecule has 1 aromatic carbocycles. The number of anilines is 1. The number of hydrogen-bond donors (Lipinski definition) is 2. The molecule has 1 amide bonds. The Bertz CT molecular complexity index is 1640. The van der Waals surface area contributed by atoms with Crippen molar-refractivity contribution in [2.45, 2.75) is 68.7 Å². The third-order valence-corrected chi connectivity index (χ3v) is 11.9. The number of carbonyl (C=O) groups is 1. The molecule has 1 aliphatic carbocycles. The monoisotopic (exact) mass is 685 g/mol. The second-order valence-electron chi connectivity index (χ2n) is 14.1. The lowest BCUT2D eigenvalue weighted by molar-refractivity contribution is -0.605. The van der Waals surface area contributed by atoms with E-state index in [0.29, 0.717) is 45.1 Å². The molecular formula is C34H44Cl2FN8O2+. The Morgan fingerprint density at radius 1 is 1.19 bits per heavy atom. The standard InChI is InChI=1S/C34H43Cl2FN8O2/c1-42(2)31(46)29(38)28(36)27-19-44(13-6-12-39-27)30-23-18-43(3)34(11-9-22-24(34)7-4-8-25(22)35)16-26(23)40-32(41-30)47-20-33-10-5-14-45(33)17-21(37)15-33/h4,7-8,21,38-39H,5-6,9-20H2,1-3H3/p+1/b28-27+,38-29?/t21?,33-,34-/m0/s1. The number of carbonyl (C=O) groups excluding carboxylic acids is 1. The number of ether oxygens (including phenoxy) is 1. The minimum atomic E-state index is -0.843. The van der Waals surface area contributed by atoms with Crippen molar-refractivity contribution in [1.82, 2.24) is 24.7 Å². The van der Waals surface area contributed by atoms with E-state index in [9.17, 15) is 9.18 Å². The average molecular weight is 687 g/mol. The van der Waals surface area contributed by atoms with E-state index in [2.05, 4.69) is 27.8 Å². The SMILES string of the molecule is CN(C)C(=O)C(=N)/C(Cl)=C1/CN(c2nc(OC[C@@]34CCCN3CC(F)C4)nc3c2CN(C)[C@@]2(CCc4c(Cl)cccc42)C3)CCC[NH2+]1. The summed E-state index contributed by atoms with van der Waals surface area (Å²) in [4.78, 5) is 31.0. The topological polar surface area (TPSA) is 106 Å². The molecule has 3 atom stereocenters. The number of amides is 1. The van der Waals surface area contributed by atoms with Crippen LogP contribution < -0.4 is 15.0 Å². The zero-order chi connectivity index (χ0) is 33.1. The highest BCUT2D eigenvalue weighted by Crippen LogP contribution is 2.49. The third-order valence-electron chi connectivity index (χ3n) is 11.1. The number of nitrogens with two attached hydrogens (primary N) is 1. The van der Waals surface area contributed by atoms with Gasteiger partial charge in [-0.25, -0.2) is 4.39 Å². The Morgan fingerprint density at radius 3 is 2.83 bits per heavy atom. The molecule has 47 heavy (non-hydrogen) atoms. The molecule has 252 valence electrons. The quantitative estimate of drug-likeness (QED) is 0.450. The van der Waals surface area contributed by atoms with Gasteiger partial charge in [-0.15, -0.1) is 0 Å². The smallest absolute Gasteiger partial charge is 0.318 e. The van der Waals surface area contributed by atoms with Crippen LogP contribution in [0.2, 0.25) is 5.02 Å². The molecular weight excluding hydrogens is 642 g/mol. The molecule has 0 bridgehead atoms. The fourth-order valence-electron chi connectivity index (χ4n) is 8.60. The van der Waals surface area contributed by atoms with Gasteiger partial charge >= 0.3 is 6.01 Å². The number of nitrogens with zero attached hydrogens (tertiary/aromatic N) is 6. The molecule has 1 aromatic heterocycles. The van der Waals surface area contributed by atoms with Crippen LogP contribution >= 0.6 is 23.2 Å². The number of fused-ring (bicyclic) bond motifs is 4. The number of likely N-dealkylation sites (N-methyl/N-ethyl adjacent to an activating group) is 1.